The molecular weight excluding hydrogens is 220 g/mol. The monoisotopic (exact) mass is 230 g/mol. The van der Waals surface area contributed by atoms with Crippen molar-refractivity contribution in [2.75, 3.05) is 13.7 Å². The van der Waals surface area contributed by atoms with Crippen LogP contribution in [-0.4, -0.2) is 28.4 Å². The summed E-state index contributed by atoms with van der Waals surface area (Å²) in [5.41, 5.74) is 0. The molecule has 0 amide bonds. The van der Waals surface area contributed by atoms with Crippen molar-refractivity contribution in [3.05, 3.63) is 24.3 Å². The molecular formula is C9H10O5S. The van der Waals surface area contributed by atoms with Crippen molar-refractivity contribution in [3.63, 3.8) is 0 Å². The zero-order valence-electron chi connectivity index (χ0n) is 8.00. The Balaban J connectivity index is 2.57. The highest BCUT2D eigenvalue weighted by atomic mass is 32.2. The summed E-state index contributed by atoms with van der Waals surface area (Å²) in [6, 6.07) is 5.91. The van der Waals surface area contributed by atoms with E-state index in [0.29, 0.717) is 5.75 Å². The number of benzene rings is 1. The third kappa shape index (κ3) is 3.69. The summed E-state index contributed by atoms with van der Waals surface area (Å²) < 4.78 is 28.8. The van der Waals surface area contributed by atoms with Gasteiger partial charge < -0.3 is 14.0 Å². The summed E-state index contributed by atoms with van der Waals surface area (Å²) in [6.07, 6.45) is 0. The van der Waals surface area contributed by atoms with Crippen molar-refractivity contribution in [2.24, 2.45) is 0 Å². The minimum absolute atomic E-state index is 0.182. The predicted molar refractivity (Wildman–Crippen MR) is 53.0 cm³/mol. The topological polar surface area (TPSA) is 72.8 Å². The van der Waals surface area contributed by atoms with E-state index in [0.717, 1.165) is 0 Å². The van der Waals surface area contributed by atoms with Crippen molar-refractivity contribution in [1.82, 2.24) is 0 Å². The Hall–Kier alpha value is -1.40. The van der Waals surface area contributed by atoms with E-state index < -0.39 is 17.0 Å². The van der Waals surface area contributed by atoms with Crippen LogP contribution in [0.15, 0.2) is 29.2 Å². The lowest BCUT2D eigenvalue weighted by Gasteiger charge is -2.04. The van der Waals surface area contributed by atoms with Crippen LogP contribution < -0.4 is 4.74 Å². The fourth-order valence-electron chi connectivity index (χ4n) is 0.853. The summed E-state index contributed by atoms with van der Waals surface area (Å²) in [7, 11) is 1.27. The third-order valence-corrected chi connectivity index (χ3v) is 2.29. The molecule has 0 spiro atoms. The Morgan fingerprint density at radius 3 is 2.47 bits per heavy atom. The summed E-state index contributed by atoms with van der Waals surface area (Å²) >= 11 is -2.00. The quantitative estimate of drug-likeness (QED) is 0.612. The summed E-state index contributed by atoms with van der Waals surface area (Å²) in [5, 5.41) is 0. The van der Waals surface area contributed by atoms with Gasteiger partial charge in [0.25, 0.3) is 0 Å². The van der Waals surface area contributed by atoms with Gasteiger partial charge in [-0.3, -0.25) is 0 Å². The molecule has 1 aromatic rings. The molecule has 5 nitrogen and oxygen atoms in total. The van der Waals surface area contributed by atoms with Gasteiger partial charge in [-0.25, -0.2) is 9.00 Å². The second-order valence-electron chi connectivity index (χ2n) is 2.59. The van der Waals surface area contributed by atoms with E-state index in [2.05, 4.69) is 4.74 Å². The minimum atomic E-state index is -2.00. The van der Waals surface area contributed by atoms with Crippen LogP contribution in [0.5, 0.6) is 5.75 Å². The highest BCUT2D eigenvalue weighted by Gasteiger charge is 2.03. The molecule has 0 fully saturated rings. The van der Waals surface area contributed by atoms with Crippen LogP contribution in [0.25, 0.3) is 0 Å². The third-order valence-electron chi connectivity index (χ3n) is 1.61. The molecule has 0 bridgehead atoms. The molecule has 0 saturated carbocycles. The first-order chi connectivity index (χ1) is 7.13. The molecule has 15 heavy (non-hydrogen) atoms. The number of hydrogen-bond donors (Lipinski definition) is 1. The van der Waals surface area contributed by atoms with Gasteiger partial charge in [0, 0.05) is 0 Å². The molecule has 6 heteroatoms. The maximum absolute atomic E-state index is 10.7. The maximum Gasteiger partial charge on any atom is 0.343 e. The zero-order chi connectivity index (χ0) is 11.3. The van der Waals surface area contributed by atoms with Crippen LogP contribution in [0, 0.1) is 0 Å². The number of carbonyl (C=O) groups is 1. The van der Waals surface area contributed by atoms with Crippen LogP contribution in [0.1, 0.15) is 0 Å². The first-order valence-corrected chi connectivity index (χ1v) is 5.14. The van der Waals surface area contributed by atoms with Crippen LogP contribution in [0.4, 0.5) is 0 Å². The highest BCUT2D eigenvalue weighted by Crippen LogP contribution is 2.13. The minimum Gasteiger partial charge on any atom is -0.482 e. The number of rotatable bonds is 4. The van der Waals surface area contributed by atoms with Crippen molar-refractivity contribution >= 4 is 17.0 Å². The van der Waals surface area contributed by atoms with Crippen LogP contribution >= 0.6 is 0 Å². The van der Waals surface area contributed by atoms with E-state index in [1.54, 1.807) is 0 Å². The molecule has 0 aromatic heterocycles. The molecule has 0 radical (unpaired) electrons. The van der Waals surface area contributed by atoms with Gasteiger partial charge in [0.1, 0.15) is 5.75 Å². The van der Waals surface area contributed by atoms with E-state index in [1.165, 1.54) is 31.4 Å². The van der Waals surface area contributed by atoms with Gasteiger partial charge in [-0.15, -0.1) is 0 Å². The summed E-state index contributed by atoms with van der Waals surface area (Å²) in [5.74, 6) is -0.0422. The van der Waals surface area contributed by atoms with Gasteiger partial charge in [-0.2, -0.15) is 0 Å². The smallest absolute Gasteiger partial charge is 0.343 e. The van der Waals surface area contributed by atoms with Gasteiger partial charge >= 0.3 is 5.97 Å². The molecule has 82 valence electrons. The molecule has 1 N–H and O–H groups in total. The van der Waals surface area contributed by atoms with Gasteiger partial charge in [0.15, 0.2) is 17.7 Å². The van der Waals surface area contributed by atoms with Crippen molar-refractivity contribution in [3.8, 4) is 5.75 Å². The van der Waals surface area contributed by atoms with Crippen molar-refractivity contribution in [2.45, 2.75) is 4.90 Å². The highest BCUT2D eigenvalue weighted by molar-refractivity contribution is 7.79. The van der Waals surface area contributed by atoms with Crippen molar-refractivity contribution < 1.29 is 23.0 Å². The molecule has 0 saturated heterocycles. The molecule has 0 aliphatic carbocycles. The van der Waals surface area contributed by atoms with Crippen molar-refractivity contribution in [1.29, 1.82) is 0 Å². The van der Waals surface area contributed by atoms with Crippen LogP contribution in [0.3, 0.4) is 0 Å². The second-order valence-corrected chi connectivity index (χ2v) is 3.56. The van der Waals surface area contributed by atoms with Crippen LogP contribution in [-0.2, 0) is 20.6 Å². The normalized spacial score (nSPS) is 11.9. The molecule has 1 rings (SSSR count). The Morgan fingerprint density at radius 2 is 2.00 bits per heavy atom. The van der Waals surface area contributed by atoms with Gasteiger partial charge in [0.05, 0.1) is 12.0 Å². The average Bonchev–Trinajstić information content (AvgIpc) is 2.26. The Morgan fingerprint density at radius 1 is 1.40 bits per heavy atom. The fraction of sp³-hybridized carbons (Fsp3) is 0.222. The summed E-state index contributed by atoms with van der Waals surface area (Å²) in [4.78, 5) is 11.0. The average molecular weight is 230 g/mol. The number of esters is 1. The van der Waals surface area contributed by atoms with Gasteiger partial charge in [-0.1, -0.05) is 0 Å². The molecule has 1 aromatic carbocycles. The molecule has 1 atom stereocenters. The maximum atomic E-state index is 10.7. The van der Waals surface area contributed by atoms with Gasteiger partial charge in [-0.05, 0) is 24.3 Å². The lowest BCUT2D eigenvalue weighted by atomic mass is 10.3. The lowest BCUT2D eigenvalue weighted by molar-refractivity contribution is -0.142. The van der Waals surface area contributed by atoms with Crippen LogP contribution in [0.2, 0.25) is 0 Å². The Bertz CT molecular complexity index is 359. The number of carbonyl (C=O) groups excluding carboxylic acids is 1. The number of ether oxygens (including phenoxy) is 2. The molecule has 1 unspecified atom stereocenters. The van der Waals surface area contributed by atoms with E-state index in [9.17, 15) is 9.00 Å². The fourth-order valence-corrected chi connectivity index (χ4v) is 1.22. The molecule has 0 aliphatic rings. The number of methoxy groups -OCH3 is 1. The predicted octanol–water partition coefficient (Wildman–Crippen LogP) is 0.819. The lowest BCUT2D eigenvalue weighted by Crippen LogP contribution is -2.12. The largest absolute Gasteiger partial charge is 0.482 e. The van der Waals surface area contributed by atoms with E-state index in [-0.39, 0.29) is 11.5 Å². The van der Waals surface area contributed by atoms with E-state index in [1.807, 2.05) is 0 Å². The van der Waals surface area contributed by atoms with Gasteiger partial charge in [0.2, 0.25) is 0 Å². The molecule has 0 heterocycles. The first kappa shape index (κ1) is 11.7. The Kier molecular flexibility index (Phi) is 4.26. The zero-order valence-corrected chi connectivity index (χ0v) is 8.82. The molecule has 0 aliphatic heterocycles. The standard InChI is InChI=1S/C9H10O5S/c1-13-9(10)6-14-7-2-4-8(5-3-7)15(11)12/h2-5H,6H2,1H3,(H,11,12). The number of hydrogen-bond acceptors (Lipinski definition) is 4. The first-order valence-electron chi connectivity index (χ1n) is 4.04. The Labute approximate surface area is 89.3 Å². The van der Waals surface area contributed by atoms with E-state index in [4.69, 9.17) is 9.29 Å². The summed E-state index contributed by atoms with van der Waals surface area (Å²) in [6.45, 7) is -0.182. The van der Waals surface area contributed by atoms with E-state index >= 15 is 0 Å². The SMILES string of the molecule is COC(=O)COc1ccc(S(=O)O)cc1. The second kappa shape index (κ2) is 5.47.